The van der Waals surface area contributed by atoms with E-state index < -0.39 is 0 Å². The molecule has 0 aliphatic heterocycles. The number of rotatable bonds is 0. The number of fused-ring (bicyclic) bond motifs is 1. The van der Waals surface area contributed by atoms with Crippen LogP contribution in [-0.4, -0.2) is 5.78 Å². The number of hydrogen-bond donors (Lipinski definition) is 0. The Morgan fingerprint density at radius 1 is 1.18 bits per heavy atom. The van der Waals surface area contributed by atoms with Gasteiger partial charge in [0.2, 0.25) is 0 Å². The molecule has 0 saturated heterocycles. The fourth-order valence-corrected chi connectivity index (χ4v) is 4.58. The van der Waals surface area contributed by atoms with Crippen molar-refractivity contribution in [3.05, 3.63) is 18.7 Å². The first-order valence-corrected chi connectivity index (χ1v) is 5.60. The summed E-state index contributed by atoms with van der Waals surface area (Å²) < 4.78 is 2.08. The van der Waals surface area contributed by atoms with Crippen molar-refractivity contribution in [1.29, 1.82) is 0 Å². The lowest BCUT2D eigenvalue weighted by Gasteiger charge is -1.85. The highest BCUT2D eigenvalue weighted by molar-refractivity contribution is 9.12. The Morgan fingerprint density at radius 3 is 2.55 bits per heavy atom. The van der Waals surface area contributed by atoms with Gasteiger partial charge in [-0.15, -0.1) is 11.3 Å². The van der Waals surface area contributed by atoms with Crippen LogP contribution in [0.5, 0.6) is 0 Å². The van der Waals surface area contributed by atoms with Gasteiger partial charge in [0.1, 0.15) is 0 Å². The van der Waals surface area contributed by atoms with Crippen molar-refractivity contribution in [3.63, 3.8) is 0 Å². The number of thiophene rings is 1. The van der Waals surface area contributed by atoms with Gasteiger partial charge in [0, 0.05) is 12.0 Å². The van der Waals surface area contributed by atoms with Crippen molar-refractivity contribution >= 4 is 49.0 Å². The zero-order chi connectivity index (χ0) is 8.01. The number of carbonyl (C=O) groups excluding carboxylic acids is 1. The maximum Gasteiger partial charge on any atom is 0.165 e. The van der Waals surface area contributed by atoms with Gasteiger partial charge in [-0.2, -0.15) is 0 Å². The molecule has 1 aliphatic rings. The van der Waals surface area contributed by atoms with Gasteiger partial charge in [-0.25, -0.2) is 0 Å². The zero-order valence-corrected chi connectivity index (χ0v) is 9.48. The van der Waals surface area contributed by atoms with Crippen LogP contribution in [-0.2, 0) is 6.42 Å². The molecule has 11 heavy (non-hydrogen) atoms. The molecule has 1 heterocycles. The van der Waals surface area contributed by atoms with Crippen molar-refractivity contribution in [2.75, 3.05) is 0 Å². The summed E-state index contributed by atoms with van der Waals surface area (Å²) in [4.78, 5) is 11.3. The summed E-state index contributed by atoms with van der Waals surface area (Å²) in [6.45, 7) is 0. The van der Waals surface area contributed by atoms with Gasteiger partial charge in [0.25, 0.3) is 0 Å². The average Bonchev–Trinajstić information content (AvgIpc) is 2.41. The van der Waals surface area contributed by atoms with Crippen LogP contribution in [0.2, 0.25) is 0 Å². The molecular formula is C7H4Br2OS. The molecule has 1 aromatic heterocycles. The van der Waals surface area contributed by atoms with E-state index in [2.05, 4.69) is 31.9 Å². The lowest BCUT2D eigenvalue weighted by Crippen LogP contribution is -1.88. The minimum atomic E-state index is 0.272. The SMILES string of the molecule is O=C1CCc2c(Br)sc(Br)c21. The van der Waals surface area contributed by atoms with Gasteiger partial charge in [0.15, 0.2) is 5.78 Å². The Hall–Kier alpha value is 0.330. The minimum absolute atomic E-state index is 0.272. The van der Waals surface area contributed by atoms with Crippen LogP contribution in [0.3, 0.4) is 0 Å². The van der Waals surface area contributed by atoms with Gasteiger partial charge >= 0.3 is 0 Å². The smallest absolute Gasteiger partial charge is 0.165 e. The van der Waals surface area contributed by atoms with Gasteiger partial charge in [-0.3, -0.25) is 4.79 Å². The molecule has 0 N–H and O–H groups in total. The zero-order valence-electron chi connectivity index (χ0n) is 5.49. The molecule has 0 atom stereocenters. The Bertz CT molecular complexity index is 329. The summed E-state index contributed by atoms with van der Waals surface area (Å²) in [7, 11) is 0. The van der Waals surface area contributed by atoms with E-state index >= 15 is 0 Å². The van der Waals surface area contributed by atoms with Crippen LogP contribution < -0.4 is 0 Å². The molecule has 0 amide bonds. The van der Waals surface area contributed by atoms with Gasteiger partial charge in [-0.05, 0) is 43.8 Å². The lowest BCUT2D eigenvalue weighted by molar-refractivity contribution is 0.0994. The van der Waals surface area contributed by atoms with Crippen molar-refractivity contribution in [2.45, 2.75) is 12.8 Å². The topological polar surface area (TPSA) is 17.1 Å². The van der Waals surface area contributed by atoms with Crippen LogP contribution >= 0.6 is 43.2 Å². The summed E-state index contributed by atoms with van der Waals surface area (Å²) in [5.74, 6) is 0.272. The van der Waals surface area contributed by atoms with E-state index in [4.69, 9.17) is 0 Å². The highest BCUT2D eigenvalue weighted by atomic mass is 79.9. The van der Waals surface area contributed by atoms with Crippen LogP contribution in [0.1, 0.15) is 22.3 Å². The second-order valence-corrected chi connectivity index (χ2v) is 6.08. The number of hydrogen-bond acceptors (Lipinski definition) is 2. The van der Waals surface area contributed by atoms with Crippen LogP contribution in [0.15, 0.2) is 7.57 Å². The number of halogens is 2. The lowest BCUT2D eigenvalue weighted by atomic mass is 10.2. The molecule has 0 saturated carbocycles. The molecule has 1 aromatic rings. The first-order chi connectivity index (χ1) is 5.20. The molecule has 0 aromatic carbocycles. The molecule has 0 fully saturated rings. The van der Waals surface area contributed by atoms with E-state index in [1.54, 1.807) is 11.3 Å². The third-order valence-corrected chi connectivity index (χ3v) is 4.45. The molecule has 1 aliphatic carbocycles. The fraction of sp³-hybridized carbons (Fsp3) is 0.286. The second kappa shape index (κ2) is 2.68. The number of Topliss-reactive ketones (excluding diaryl/α,β-unsaturated/α-hetero) is 1. The van der Waals surface area contributed by atoms with Gasteiger partial charge in [-0.1, -0.05) is 0 Å². The molecule has 0 bridgehead atoms. The monoisotopic (exact) mass is 294 g/mol. The highest BCUT2D eigenvalue weighted by Gasteiger charge is 2.26. The molecular weight excluding hydrogens is 292 g/mol. The summed E-state index contributed by atoms with van der Waals surface area (Å²) in [6.07, 6.45) is 1.58. The van der Waals surface area contributed by atoms with Crippen molar-refractivity contribution in [3.8, 4) is 0 Å². The average molecular weight is 296 g/mol. The van der Waals surface area contributed by atoms with Gasteiger partial charge < -0.3 is 0 Å². The molecule has 58 valence electrons. The van der Waals surface area contributed by atoms with Crippen LogP contribution in [0, 0.1) is 0 Å². The molecule has 4 heteroatoms. The number of carbonyl (C=O) groups is 1. The van der Waals surface area contributed by atoms with E-state index in [0.29, 0.717) is 6.42 Å². The molecule has 1 nitrogen and oxygen atoms in total. The summed E-state index contributed by atoms with van der Waals surface area (Å²) in [5.41, 5.74) is 2.09. The Balaban J connectivity index is 2.69. The fourth-order valence-electron chi connectivity index (χ4n) is 1.27. The summed E-state index contributed by atoms with van der Waals surface area (Å²) >= 11 is 8.40. The second-order valence-electron chi connectivity index (χ2n) is 2.43. The third kappa shape index (κ3) is 1.12. The van der Waals surface area contributed by atoms with Crippen molar-refractivity contribution in [1.82, 2.24) is 0 Å². The molecule has 0 unspecified atom stereocenters. The highest BCUT2D eigenvalue weighted by Crippen LogP contribution is 2.41. The summed E-state index contributed by atoms with van der Waals surface area (Å²) in [5, 5.41) is 0. The van der Waals surface area contributed by atoms with E-state index in [1.807, 2.05) is 0 Å². The minimum Gasteiger partial charge on any atom is -0.294 e. The third-order valence-electron chi connectivity index (χ3n) is 1.80. The molecule has 0 spiro atoms. The normalized spacial score (nSPS) is 15.6. The van der Waals surface area contributed by atoms with Crippen LogP contribution in [0.4, 0.5) is 0 Å². The van der Waals surface area contributed by atoms with Crippen molar-refractivity contribution < 1.29 is 4.79 Å². The quantitative estimate of drug-likeness (QED) is 0.717. The molecule has 0 radical (unpaired) electrons. The first-order valence-electron chi connectivity index (χ1n) is 3.20. The van der Waals surface area contributed by atoms with E-state index in [-0.39, 0.29) is 5.78 Å². The Morgan fingerprint density at radius 2 is 1.91 bits per heavy atom. The Kier molecular flexibility index (Phi) is 1.93. The van der Waals surface area contributed by atoms with E-state index in [1.165, 1.54) is 5.56 Å². The van der Waals surface area contributed by atoms with Crippen molar-refractivity contribution in [2.24, 2.45) is 0 Å². The van der Waals surface area contributed by atoms with Gasteiger partial charge in [0.05, 0.1) is 7.57 Å². The first kappa shape index (κ1) is 7.95. The summed E-state index contributed by atoms with van der Waals surface area (Å²) in [6, 6.07) is 0. The predicted octanol–water partition coefficient (Wildman–Crippen LogP) is 3.40. The van der Waals surface area contributed by atoms with Crippen LogP contribution in [0.25, 0.3) is 0 Å². The Labute approximate surface area is 85.1 Å². The van der Waals surface area contributed by atoms with E-state index in [9.17, 15) is 4.79 Å². The maximum absolute atomic E-state index is 11.3. The molecule has 2 rings (SSSR count). The predicted molar refractivity (Wildman–Crippen MR) is 52.4 cm³/mol. The van der Waals surface area contributed by atoms with E-state index in [0.717, 1.165) is 19.6 Å². The standard InChI is InChI=1S/C7H4Br2OS/c8-6-3-1-2-4(10)5(3)7(9)11-6/h1-2H2. The maximum atomic E-state index is 11.3. The largest absolute Gasteiger partial charge is 0.294 e. The number of ketones is 1.